The first-order valence-corrected chi connectivity index (χ1v) is 22.7. The molecule has 0 saturated heterocycles. The van der Waals surface area contributed by atoms with Crippen molar-refractivity contribution < 1.29 is 4.42 Å². The van der Waals surface area contributed by atoms with E-state index < -0.39 is 0 Å². The van der Waals surface area contributed by atoms with E-state index in [0.717, 1.165) is 85.0 Å². The number of fused-ring (bicyclic) bond motifs is 3. The van der Waals surface area contributed by atoms with Gasteiger partial charge in [-0.3, -0.25) is 0 Å². The van der Waals surface area contributed by atoms with Crippen molar-refractivity contribution in [2.45, 2.75) is 105 Å². The van der Waals surface area contributed by atoms with Crippen LogP contribution >= 0.6 is 27.5 Å². The van der Waals surface area contributed by atoms with E-state index >= 15 is 0 Å². The summed E-state index contributed by atoms with van der Waals surface area (Å²) in [6.45, 7) is 25.0. The van der Waals surface area contributed by atoms with Gasteiger partial charge in [0.1, 0.15) is 11.3 Å². The molecule has 0 spiro atoms. The van der Waals surface area contributed by atoms with Crippen molar-refractivity contribution in [3.63, 3.8) is 0 Å². The number of hydrogen-bond acceptors (Lipinski definition) is 3. The molecule has 0 fully saturated rings. The van der Waals surface area contributed by atoms with E-state index in [9.17, 15) is 0 Å². The molecule has 1 aliphatic carbocycles. The second kappa shape index (κ2) is 16.0. The monoisotopic (exact) mass is 888 g/mol. The second-order valence-corrected chi connectivity index (χ2v) is 21.1. The number of rotatable bonds is 7. The molecule has 312 valence electrons. The number of allylic oxidation sites excluding steroid dienone is 1. The number of benzene rings is 6. The molecule has 0 radical (unpaired) electrons. The molecule has 0 bridgehead atoms. The summed E-state index contributed by atoms with van der Waals surface area (Å²) in [7, 11) is 0. The smallest absolute Gasteiger partial charge is 0.138 e. The van der Waals surface area contributed by atoms with Crippen LogP contribution in [0, 0.1) is 13.8 Å². The van der Waals surface area contributed by atoms with E-state index in [-0.39, 0.29) is 16.2 Å². The Labute approximate surface area is 377 Å². The molecular weight excluding hydrogens is 832 g/mol. The lowest BCUT2D eigenvalue weighted by Gasteiger charge is -2.35. The molecule has 0 unspecified atom stereocenters. The number of nitrogens with zero attached hydrogens (tertiary/aromatic N) is 2. The summed E-state index contributed by atoms with van der Waals surface area (Å²) >= 11 is 11.2. The molecule has 0 atom stereocenters. The van der Waals surface area contributed by atoms with Crippen LogP contribution in [-0.4, -0.2) is 0 Å². The Kier molecular flexibility index (Phi) is 11.2. The van der Waals surface area contributed by atoms with Gasteiger partial charge in [0.25, 0.3) is 0 Å². The summed E-state index contributed by atoms with van der Waals surface area (Å²) in [6.07, 6.45) is 4.30. The third-order valence-electron chi connectivity index (χ3n) is 12.1. The van der Waals surface area contributed by atoms with Crippen molar-refractivity contribution in [1.82, 2.24) is 0 Å². The van der Waals surface area contributed by atoms with Crippen molar-refractivity contribution in [3.8, 4) is 0 Å². The Bertz CT molecular complexity index is 2710. The molecule has 8 rings (SSSR count). The lowest BCUT2D eigenvalue weighted by Crippen LogP contribution is -2.20. The number of anilines is 6. The highest BCUT2D eigenvalue weighted by atomic mass is 79.9. The molecule has 3 nitrogen and oxygen atoms in total. The molecule has 1 aliphatic rings. The molecule has 6 aromatic carbocycles. The van der Waals surface area contributed by atoms with Crippen molar-refractivity contribution >= 4 is 78.2 Å². The Hall–Kier alpha value is -5.03. The number of furan rings is 1. The fourth-order valence-corrected chi connectivity index (χ4v) is 9.50. The fraction of sp³-hybridized carbons (Fsp3) is 0.286. The number of hydrogen-bond donors (Lipinski definition) is 0. The molecule has 1 heterocycles. The quantitative estimate of drug-likeness (QED) is 0.159. The summed E-state index contributed by atoms with van der Waals surface area (Å²) in [5, 5.41) is 1.89. The Morgan fingerprint density at radius 3 is 1.66 bits per heavy atom. The van der Waals surface area contributed by atoms with Gasteiger partial charge in [0.05, 0.1) is 21.5 Å². The molecule has 1 aromatic heterocycles. The maximum Gasteiger partial charge on any atom is 0.138 e. The third kappa shape index (κ3) is 8.34. The lowest BCUT2D eigenvalue weighted by atomic mass is 9.85. The van der Waals surface area contributed by atoms with E-state index in [0.29, 0.717) is 5.02 Å². The number of para-hydroxylation sites is 1. The van der Waals surface area contributed by atoms with Gasteiger partial charge in [-0.1, -0.05) is 129 Å². The number of halogens is 2. The molecule has 0 aliphatic heterocycles. The van der Waals surface area contributed by atoms with Crippen molar-refractivity contribution in [2.24, 2.45) is 0 Å². The summed E-state index contributed by atoms with van der Waals surface area (Å²) in [5.41, 5.74) is 16.9. The van der Waals surface area contributed by atoms with Crippen LogP contribution in [0.4, 0.5) is 34.1 Å². The predicted molar refractivity (Wildman–Crippen MR) is 266 cm³/mol. The topological polar surface area (TPSA) is 19.6 Å². The van der Waals surface area contributed by atoms with E-state index in [4.69, 9.17) is 16.0 Å². The van der Waals surface area contributed by atoms with E-state index in [2.05, 4.69) is 217 Å². The van der Waals surface area contributed by atoms with Gasteiger partial charge in [-0.05, 0) is 165 Å². The van der Waals surface area contributed by atoms with Crippen LogP contribution in [0.25, 0.3) is 16.5 Å². The molecule has 0 saturated carbocycles. The lowest BCUT2D eigenvalue weighted by molar-refractivity contribution is 0.589. The average Bonchev–Trinajstić information content (AvgIpc) is 3.58. The second-order valence-electron chi connectivity index (χ2n) is 19.8. The fourth-order valence-electron chi connectivity index (χ4n) is 8.74. The zero-order chi connectivity index (χ0) is 43.6. The SMILES string of the molecule is Cc1cc(C2=CCCc3c2oc2ccccc32)cc(C)c1N(c1cccc(Cl)c1)c1cc(C(C)(C)C)cc(N(c2ccc(C(C)(C)C)cc2)c2ccc(C(C)(C)C)cc2)c1Br. The summed E-state index contributed by atoms with van der Waals surface area (Å²) in [4.78, 5) is 4.80. The van der Waals surface area contributed by atoms with Crippen LogP contribution in [0.1, 0.15) is 113 Å². The normalized spacial score (nSPS) is 13.3. The van der Waals surface area contributed by atoms with Crippen molar-refractivity contribution in [1.29, 1.82) is 0 Å². The Morgan fingerprint density at radius 1 is 0.574 bits per heavy atom. The van der Waals surface area contributed by atoms with Gasteiger partial charge in [-0.15, -0.1) is 0 Å². The average molecular weight is 890 g/mol. The van der Waals surface area contributed by atoms with Gasteiger partial charge in [-0.25, -0.2) is 0 Å². The van der Waals surface area contributed by atoms with Gasteiger partial charge in [0.15, 0.2) is 0 Å². The zero-order valence-electron chi connectivity index (χ0n) is 37.6. The minimum Gasteiger partial charge on any atom is -0.456 e. The summed E-state index contributed by atoms with van der Waals surface area (Å²) in [6, 6.07) is 44.2. The van der Waals surface area contributed by atoms with Crippen LogP contribution in [0.15, 0.2) is 136 Å². The molecular formula is C56H58BrClN2O. The highest BCUT2D eigenvalue weighted by Crippen LogP contribution is 2.51. The highest BCUT2D eigenvalue weighted by molar-refractivity contribution is 9.10. The van der Waals surface area contributed by atoms with Gasteiger partial charge in [0.2, 0.25) is 0 Å². The van der Waals surface area contributed by atoms with Gasteiger partial charge < -0.3 is 14.2 Å². The minimum atomic E-state index is -0.173. The van der Waals surface area contributed by atoms with Crippen LogP contribution in [0.3, 0.4) is 0 Å². The van der Waals surface area contributed by atoms with Gasteiger partial charge in [0, 0.05) is 38.6 Å². The Balaban J connectivity index is 1.35. The van der Waals surface area contributed by atoms with Crippen LogP contribution < -0.4 is 9.80 Å². The highest BCUT2D eigenvalue weighted by Gasteiger charge is 2.30. The zero-order valence-corrected chi connectivity index (χ0v) is 39.9. The van der Waals surface area contributed by atoms with Crippen molar-refractivity contribution in [3.05, 3.63) is 182 Å². The number of aryl methyl sites for hydroxylation is 3. The van der Waals surface area contributed by atoms with Gasteiger partial charge >= 0.3 is 0 Å². The molecule has 61 heavy (non-hydrogen) atoms. The first kappa shape index (κ1) is 42.7. The van der Waals surface area contributed by atoms with Crippen LogP contribution in [-0.2, 0) is 22.7 Å². The standard InChI is InChI=1S/C56H58BrClN2O/c1-35-30-37(45-19-15-20-47-46-18-12-13-21-50(46)61-53(45)47)31-36(2)52(35)60(44-17-14-16-41(58)34-44)49-33-40(56(9,10)11)32-48(51(49)57)59(42-26-22-38(23-27-42)54(3,4)5)43-28-24-39(25-29-43)55(6,7)8/h12-14,16-19,21-34H,15,20H2,1-11H3. The maximum atomic E-state index is 6.86. The minimum absolute atomic E-state index is 0.0300. The molecule has 0 N–H and O–H groups in total. The van der Waals surface area contributed by atoms with Crippen LogP contribution in [0.5, 0.6) is 0 Å². The van der Waals surface area contributed by atoms with E-state index in [1.54, 1.807) is 0 Å². The van der Waals surface area contributed by atoms with E-state index in [1.807, 2.05) is 12.1 Å². The van der Waals surface area contributed by atoms with Gasteiger partial charge in [-0.2, -0.15) is 0 Å². The molecule has 0 amide bonds. The first-order valence-electron chi connectivity index (χ1n) is 21.5. The predicted octanol–water partition coefficient (Wildman–Crippen LogP) is 17.7. The Morgan fingerprint density at radius 2 is 1.11 bits per heavy atom. The van der Waals surface area contributed by atoms with Crippen molar-refractivity contribution in [2.75, 3.05) is 9.80 Å². The largest absolute Gasteiger partial charge is 0.456 e. The first-order chi connectivity index (χ1) is 28.8. The summed E-state index contributed by atoms with van der Waals surface area (Å²) in [5.74, 6) is 0.988. The molecule has 7 aromatic rings. The van der Waals surface area contributed by atoms with E-state index in [1.165, 1.54) is 27.6 Å². The molecule has 5 heteroatoms. The third-order valence-corrected chi connectivity index (χ3v) is 13.2. The summed E-state index contributed by atoms with van der Waals surface area (Å²) < 4.78 is 7.55. The maximum absolute atomic E-state index is 6.86. The van der Waals surface area contributed by atoms with Crippen LogP contribution in [0.2, 0.25) is 5.02 Å².